The Morgan fingerprint density at radius 1 is 1.24 bits per heavy atom. The normalized spacial score (nSPS) is 17.0. The van der Waals surface area contributed by atoms with E-state index in [1.807, 2.05) is 0 Å². The molecule has 1 fully saturated rings. The summed E-state index contributed by atoms with van der Waals surface area (Å²) < 4.78 is 0. The Morgan fingerprint density at radius 2 is 1.95 bits per heavy atom. The van der Waals surface area contributed by atoms with Gasteiger partial charge in [0.05, 0.1) is 6.54 Å². The minimum Gasteiger partial charge on any atom is -0.396 e. The Balaban J connectivity index is 2.25. The van der Waals surface area contributed by atoms with E-state index in [2.05, 4.69) is 31.0 Å². The molecule has 124 valence electrons. The lowest BCUT2D eigenvalue weighted by Crippen LogP contribution is -2.47. The molecule has 21 heavy (non-hydrogen) atoms. The minimum absolute atomic E-state index is 0.136. The van der Waals surface area contributed by atoms with Crippen molar-refractivity contribution in [3.8, 4) is 0 Å². The number of carbonyl (C=O) groups is 1. The second-order valence-corrected chi connectivity index (χ2v) is 6.93. The molecular weight excluding hydrogens is 264 g/mol. The lowest BCUT2D eigenvalue weighted by atomic mass is 9.91. The van der Waals surface area contributed by atoms with Crippen molar-refractivity contribution in [1.29, 1.82) is 0 Å². The lowest BCUT2D eigenvalue weighted by molar-refractivity contribution is -0.124. The molecule has 0 aromatic rings. The largest absolute Gasteiger partial charge is 0.396 e. The van der Waals surface area contributed by atoms with E-state index in [1.54, 1.807) is 0 Å². The summed E-state index contributed by atoms with van der Waals surface area (Å²) in [6, 6.07) is 0.816. The van der Waals surface area contributed by atoms with Gasteiger partial charge in [-0.2, -0.15) is 0 Å². The van der Waals surface area contributed by atoms with Gasteiger partial charge in [-0.25, -0.2) is 0 Å². The van der Waals surface area contributed by atoms with Crippen LogP contribution in [-0.4, -0.2) is 47.7 Å². The highest BCUT2D eigenvalue weighted by atomic mass is 16.3. The van der Waals surface area contributed by atoms with Crippen molar-refractivity contribution < 1.29 is 9.90 Å². The van der Waals surface area contributed by atoms with Gasteiger partial charge in [-0.15, -0.1) is 0 Å². The molecule has 0 aliphatic heterocycles. The highest BCUT2D eigenvalue weighted by Gasteiger charge is 2.26. The maximum atomic E-state index is 12.2. The quantitative estimate of drug-likeness (QED) is 0.616. The molecule has 1 aliphatic carbocycles. The van der Waals surface area contributed by atoms with Crippen molar-refractivity contribution in [2.45, 2.75) is 77.8 Å². The van der Waals surface area contributed by atoms with Crippen molar-refractivity contribution in [3.05, 3.63) is 0 Å². The molecule has 0 heterocycles. The molecule has 4 heteroatoms. The number of aliphatic hydroxyl groups excluding tert-OH is 1. The zero-order valence-corrected chi connectivity index (χ0v) is 14.1. The molecule has 0 aromatic carbocycles. The van der Waals surface area contributed by atoms with Crippen LogP contribution in [0.3, 0.4) is 0 Å². The molecule has 1 amide bonds. The first kappa shape index (κ1) is 18.4. The van der Waals surface area contributed by atoms with Gasteiger partial charge in [0.25, 0.3) is 0 Å². The summed E-state index contributed by atoms with van der Waals surface area (Å²) in [5.41, 5.74) is 0. The van der Waals surface area contributed by atoms with Gasteiger partial charge in [0.1, 0.15) is 0 Å². The van der Waals surface area contributed by atoms with E-state index in [0.29, 0.717) is 12.6 Å². The fraction of sp³-hybridized carbons (Fsp3) is 0.941. The van der Waals surface area contributed by atoms with Crippen LogP contribution in [0.4, 0.5) is 0 Å². The predicted molar refractivity (Wildman–Crippen MR) is 87.2 cm³/mol. The molecule has 0 aromatic heterocycles. The standard InChI is InChI=1S/C17H34N2O2/c1-14(2)7-4-8-15(3)18-17(21)13-19(11-6-12-20)16-9-5-10-16/h14-16,20H,4-13H2,1-3H3,(H,18,21). The predicted octanol–water partition coefficient (Wildman–Crippen LogP) is 2.55. The van der Waals surface area contributed by atoms with Gasteiger partial charge in [-0.1, -0.05) is 33.1 Å². The van der Waals surface area contributed by atoms with Crippen molar-refractivity contribution in [2.75, 3.05) is 19.7 Å². The average molecular weight is 298 g/mol. The van der Waals surface area contributed by atoms with E-state index in [9.17, 15) is 4.79 Å². The average Bonchev–Trinajstić information content (AvgIpc) is 2.32. The van der Waals surface area contributed by atoms with Gasteiger partial charge >= 0.3 is 0 Å². The van der Waals surface area contributed by atoms with Crippen LogP contribution in [0.1, 0.15) is 65.7 Å². The van der Waals surface area contributed by atoms with Crippen LogP contribution < -0.4 is 5.32 Å². The van der Waals surface area contributed by atoms with Crippen LogP contribution in [0, 0.1) is 5.92 Å². The maximum Gasteiger partial charge on any atom is 0.234 e. The number of rotatable bonds is 11. The van der Waals surface area contributed by atoms with E-state index in [1.165, 1.54) is 32.1 Å². The fourth-order valence-corrected chi connectivity index (χ4v) is 2.83. The molecule has 1 rings (SSSR count). The summed E-state index contributed by atoms with van der Waals surface area (Å²) in [6.07, 6.45) is 7.89. The SMILES string of the molecule is CC(C)CCCC(C)NC(=O)CN(CCCO)C1CCC1. The molecule has 1 unspecified atom stereocenters. The Hall–Kier alpha value is -0.610. The Kier molecular flexibility index (Phi) is 8.93. The second-order valence-electron chi connectivity index (χ2n) is 6.93. The van der Waals surface area contributed by atoms with Crippen molar-refractivity contribution in [1.82, 2.24) is 10.2 Å². The molecule has 1 aliphatic rings. The summed E-state index contributed by atoms with van der Waals surface area (Å²) in [5.74, 6) is 0.873. The van der Waals surface area contributed by atoms with E-state index in [0.717, 1.165) is 25.3 Å². The van der Waals surface area contributed by atoms with Gasteiger partial charge in [0, 0.05) is 25.2 Å². The molecule has 0 spiro atoms. The third-order valence-electron chi connectivity index (χ3n) is 4.37. The Bertz CT molecular complexity index is 291. The number of carbonyl (C=O) groups excluding carboxylic acids is 1. The van der Waals surface area contributed by atoms with Crippen LogP contribution in [0.2, 0.25) is 0 Å². The number of hydrogen-bond acceptors (Lipinski definition) is 3. The van der Waals surface area contributed by atoms with E-state index >= 15 is 0 Å². The summed E-state index contributed by atoms with van der Waals surface area (Å²) in [4.78, 5) is 14.4. The topological polar surface area (TPSA) is 52.6 Å². The lowest BCUT2D eigenvalue weighted by Gasteiger charge is -2.37. The molecule has 0 radical (unpaired) electrons. The van der Waals surface area contributed by atoms with Crippen LogP contribution in [-0.2, 0) is 4.79 Å². The van der Waals surface area contributed by atoms with Gasteiger partial charge in [0.15, 0.2) is 0 Å². The Morgan fingerprint density at radius 3 is 2.48 bits per heavy atom. The zero-order chi connectivity index (χ0) is 15.7. The molecule has 2 N–H and O–H groups in total. The second kappa shape index (κ2) is 10.2. The van der Waals surface area contributed by atoms with Gasteiger partial charge in [-0.05, 0) is 38.5 Å². The smallest absolute Gasteiger partial charge is 0.234 e. The number of amides is 1. The molecule has 1 atom stereocenters. The van der Waals surface area contributed by atoms with Crippen molar-refractivity contribution >= 4 is 5.91 Å². The highest BCUT2D eigenvalue weighted by Crippen LogP contribution is 2.24. The number of aliphatic hydroxyl groups is 1. The number of nitrogens with zero attached hydrogens (tertiary/aromatic N) is 1. The monoisotopic (exact) mass is 298 g/mol. The molecular formula is C17H34N2O2. The summed E-state index contributed by atoms with van der Waals surface area (Å²) in [5, 5.41) is 12.1. The highest BCUT2D eigenvalue weighted by molar-refractivity contribution is 5.78. The van der Waals surface area contributed by atoms with Crippen LogP contribution >= 0.6 is 0 Å². The minimum atomic E-state index is 0.136. The third-order valence-corrected chi connectivity index (χ3v) is 4.37. The number of hydrogen-bond donors (Lipinski definition) is 2. The maximum absolute atomic E-state index is 12.2. The van der Waals surface area contributed by atoms with Crippen molar-refractivity contribution in [3.63, 3.8) is 0 Å². The van der Waals surface area contributed by atoms with E-state index in [-0.39, 0.29) is 18.6 Å². The molecule has 1 saturated carbocycles. The molecule has 0 saturated heterocycles. The first-order valence-electron chi connectivity index (χ1n) is 8.67. The third kappa shape index (κ3) is 7.82. The Labute approximate surface area is 130 Å². The van der Waals surface area contributed by atoms with Gasteiger partial charge in [-0.3, -0.25) is 9.69 Å². The van der Waals surface area contributed by atoms with E-state index < -0.39 is 0 Å². The fourth-order valence-electron chi connectivity index (χ4n) is 2.83. The van der Waals surface area contributed by atoms with Crippen LogP contribution in [0.5, 0.6) is 0 Å². The van der Waals surface area contributed by atoms with Gasteiger partial charge in [0.2, 0.25) is 5.91 Å². The summed E-state index contributed by atoms with van der Waals surface area (Å²) in [6.45, 7) is 8.09. The summed E-state index contributed by atoms with van der Waals surface area (Å²) in [7, 11) is 0. The molecule has 0 bridgehead atoms. The van der Waals surface area contributed by atoms with Gasteiger partial charge < -0.3 is 10.4 Å². The summed E-state index contributed by atoms with van der Waals surface area (Å²) >= 11 is 0. The van der Waals surface area contributed by atoms with Crippen LogP contribution in [0.15, 0.2) is 0 Å². The number of nitrogens with one attached hydrogen (secondary N) is 1. The van der Waals surface area contributed by atoms with E-state index in [4.69, 9.17) is 5.11 Å². The zero-order valence-electron chi connectivity index (χ0n) is 14.1. The first-order valence-corrected chi connectivity index (χ1v) is 8.67. The first-order chi connectivity index (χ1) is 10.0. The van der Waals surface area contributed by atoms with Crippen molar-refractivity contribution in [2.24, 2.45) is 5.92 Å². The molecule has 4 nitrogen and oxygen atoms in total. The van der Waals surface area contributed by atoms with Crippen LogP contribution in [0.25, 0.3) is 0 Å².